The van der Waals surface area contributed by atoms with Crippen molar-refractivity contribution in [1.82, 2.24) is 0 Å². The van der Waals surface area contributed by atoms with Crippen LogP contribution in [0.25, 0.3) is 0 Å². The Labute approximate surface area is 122 Å². The molecule has 0 saturated heterocycles. The molecule has 0 saturated carbocycles. The van der Waals surface area contributed by atoms with Crippen LogP contribution in [0.3, 0.4) is 0 Å². The van der Waals surface area contributed by atoms with Gasteiger partial charge in [0.05, 0.1) is 0 Å². The molecular weight excluding hydrogens is 315 g/mol. The Bertz CT molecular complexity index is 619. The summed E-state index contributed by atoms with van der Waals surface area (Å²) >= 11 is -0.835. The van der Waals surface area contributed by atoms with Crippen LogP contribution in [-0.4, -0.2) is 25.7 Å². The summed E-state index contributed by atoms with van der Waals surface area (Å²) in [5, 5.41) is 17.0. The molecule has 0 aliphatic heterocycles. The van der Waals surface area contributed by atoms with Crippen molar-refractivity contribution < 1.29 is 9.90 Å². The van der Waals surface area contributed by atoms with E-state index >= 15 is 0 Å². The van der Waals surface area contributed by atoms with E-state index in [0.717, 1.165) is 5.69 Å². The molecule has 0 amide bonds. The predicted molar refractivity (Wildman–Crippen MR) is 81.1 cm³/mol. The topological polar surface area (TPSA) is 62.0 Å². The zero-order valence-corrected chi connectivity index (χ0v) is 13.2. The molecule has 0 heterocycles. The molecule has 0 aliphatic rings. The molecule has 0 unspecified atom stereocenters. The standard InChI is InChI=1S/C15H15AsN2O2/c1-16(2)12-5-9-14(10-6-12)18-17-13-7-3-11(4-8-13)15(19)20/h3-10H,1-2H3,(H,19,20)/b18-17+. The van der Waals surface area contributed by atoms with E-state index < -0.39 is 20.6 Å². The summed E-state index contributed by atoms with van der Waals surface area (Å²) in [5.41, 5.74) is 6.25. The number of carbonyl (C=O) groups is 1. The third-order valence-electron chi connectivity index (χ3n) is 2.76. The Morgan fingerprint density at radius 3 is 1.75 bits per heavy atom. The van der Waals surface area contributed by atoms with Crippen LogP contribution < -0.4 is 4.35 Å². The molecule has 0 aliphatic carbocycles. The molecule has 0 radical (unpaired) electrons. The number of hydrogen-bond donors (Lipinski definition) is 1. The molecule has 0 fully saturated rings. The second-order valence-electron chi connectivity index (χ2n) is 4.46. The number of hydrogen-bond acceptors (Lipinski definition) is 3. The molecule has 2 rings (SSSR count). The first-order chi connectivity index (χ1) is 9.56. The van der Waals surface area contributed by atoms with Gasteiger partial charge in [0.1, 0.15) is 0 Å². The molecular formula is C15H15AsN2O2. The Hall–Kier alpha value is -1.93. The number of benzene rings is 2. The summed E-state index contributed by atoms with van der Waals surface area (Å²) in [4.78, 5) is 10.7. The molecule has 1 N–H and O–H groups in total. The van der Waals surface area contributed by atoms with Crippen LogP contribution in [0.4, 0.5) is 11.4 Å². The first-order valence-corrected chi connectivity index (χ1v) is 10.8. The maximum atomic E-state index is 10.7. The average Bonchev–Trinajstić information content (AvgIpc) is 2.46. The molecule has 5 heteroatoms. The van der Waals surface area contributed by atoms with E-state index in [-0.39, 0.29) is 5.56 Å². The van der Waals surface area contributed by atoms with Crippen molar-refractivity contribution in [2.75, 3.05) is 0 Å². The molecule has 0 bridgehead atoms. The van der Waals surface area contributed by atoms with Gasteiger partial charge in [-0.05, 0) is 0 Å². The van der Waals surface area contributed by atoms with Crippen molar-refractivity contribution in [2.24, 2.45) is 10.2 Å². The van der Waals surface area contributed by atoms with E-state index in [4.69, 9.17) is 5.11 Å². The molecule has 4 nitrogen and oxygen atoms in total. The van der Waals surface area contributed by atoms with Crippen LogP contribution in [0.1, 0.15) is 10.4 Å². The first kappa shape index (κ1) is 14.5. The monoisotopic (exact) mass is 330 g/mol. The van der Waals surface area contributed by atoms with E-state index in [0.29, 0.717) is 5.69 Å². The van der Waals surface area contributed by atoms with Crippen LogP contribution in [0.2, 0.25) is 11.4 Å². The van der Waals surface area contributed by atoms with Crippen molar-refractivity contribution >= 4 is 36.3 Å². The SMILES string of the molecule is C[As](C)c1ccc(/N=N/c2ccc(C(=O)O)cc2)cc1. The molecule has 2 aromatic rings. The molecule has 2 aromatic carbocycles. The van der Waals surface area contributed by atoms with Gasteiger partial charge in [0, 0.05) is 0 Å². The van der Waals surface area contributed by atoms with E-state index in [1.54, 1.807) is 12.1 Å². The maximum absolute atomic E-state index is 10.7. The predicted octanol–water partition coefficient (Wildman–Crippen LogP) is 3.76. The Kier molecular flexibility index (Phi) is 4.69. The van der Waals surface area contributed by atoms with Gasteiger partial charge in [-0.25, -0.2) is 0 Å². The van der Waals surface area contributed by atoms with E-state index in [1.165, 1.54) is 16.5 Å². The Morgan fingerprint density at radius 2 is 1.35 bits per heavy atom. The second-order valence-corrected chi connectivity index (χ2v) is 9.30. The summed E-state index contributed by atoms with van der Waals surface area (Å²) in [6.45, 7) is 0. The van der Waals surface area contributed by atoms with Crippen molar-refractivity contribution in [3.63, 3.8) is 0 Å². The van der Waals surface area contributed by atoms with Gasteiger partial charge < -0.3 is 0 Å². The van der Waals surface area contributed by atoms with Crippen LogP contribution >= 0.6 is 0 Å². The summed E-state index contributed by atoms with van der Waals surface area (Å²) in [7, 11) is 0. The van der Waals surface area contributed by atoms with Gasteiger partial charge in [-0.1, -0.05) is 0 Å². The zero-order chi connectivity index (χ0) is 14.5. The number of aromatic carboxylic acids is 1. The van der Waals surface area contributed by atoms with Gasteiger partial charge in [0.2, 0.25) is 0 Å². The molecule has 0 spiro atoms. The fraction of sp³-hybridized carbons (Fsp3) is 0.133. The van der Waals surface area contributed by atoms with Gasteiger partial charge in [0.15, 0.2) is 0 Å². The van der Waals surface area contributed by atoms with Crippen LogP contribution in [-0.2, 0) is 0 Å². The molecule has 0 aromatic heterocycles. The Balaban J connectivity index is 2.10. The van der Waals surface area contributed by atoms with E-state index in [9.17, 15) is 4.79 Å². The zero-order valence-electron chi connectivity index (χ0n) is 11.3. The number of carboxylic acid groups (broad SMARTS) is 1. The third-order valence-corrected chi connectivity index (χ3v) is 5.55. The molecule has 20 heavy (non-hydrogen) atoms. The third kappa shape index (κ3) is 3.78. The van der Waals surface area contributed by atoms with E-state index in [2.05, 4.69) is 33.8 Å². The number of azo groups is 1. The van der Waals surface area contributed by atoms with Gasteiger partial charge in [-0.2, -0.15) is 0 Å². The van der Waals surface area contributed by atoms with Crippen molar-refractivity contribution in [3.05, 3.63) is 54.1 Å². The van der Waals surface area contributed by atoms with Crippen LogP contribution in [0.15, 0.2) is 58.8 Å². The minimum absolute atomic E-state index is 0.246. The quantitative estimate of drug-likeness (QED) is 0.685. The van der Waals surface area contributed by atoms with Crippen LogP contribution in [0.5, 0.6) is 0 Å². The minimum atomic E-state index is -0.942. The fourth-order valence-corrected chi connectivity index (χ4v) is 3.17. The number of rotatable bonds is 4. The summed E-state index contributed by atoms with van der Waals surface area (Å²) in [5.74, 6) is -0.942. The normalized spacial score (nSPS) is 11.2. The summed E-state index contributed by atoms with van der Waals surface area (Å²) in [6.07, 6.45) is 0. The van der Waals surface area contributed by atoms with Crippen molar-refractivity contribution in [2.45, 2.75) is 11.4 Å². The number of nitrogens with zero attached hydrogens (tertiary/aromatic N) is 2. The summed E-state index contributed by atoms with van der Waals surface area (Å²) < 4.78 is 1.40. The Morgan fingerprint density at radius 1 is 0.900 bits per heavy atom. The van der Waals surface area contributed by atoms with Crippen molar-refractivity contribution in [3.8, 4) is 0 Å². The average molecular weight is 330 g/mol. The number of carboxylic acids is 1. The van der Waals surface area contributed by atoms with Crippen LogP contribution in [0, 0.1) is 0 Å². The molecule has 0 atom stereocenters. The van der Waals surface area contributed by atoms with Gasteiger partial charge in [-0.15, -0.1) is 0 Å². The second kappa shape index (κ2) is 6.49. The van der Waals surface area contributed by atoms with Crippen molar-refractivity contribution in [1.29, 1.82) is 0 Å². The van der Waals surface area contributed by atoms with Gasteiger partial charge >= 0.3 is 122 Å². The molecule has 102 valence electrons. The first-order valence-electron chi connectivity index (χ1n) is 6.09. The van der Waals surface area contributed by atoms with Gasteiger partial charge in [0.25, 0.3) is 0 Å². The van der Waals surface area contributed by atoms with Gasteiger partial charge in [-0.3, -0.25) is 0 Å². The fourth-order valence-electron chi connectivity index (χ4n) is 1.60. The van der Waals surface area contributed by atoms with E-state index in [1.807, 2.05) is 12.1 Å². The summed E-state index contributed by atoms with van der Waals surface area (Å²) in [6, 6.07) is 14.4.